The third kappa shape index (κ3) is 5.19. The topological polar surface area (TPSA) is 53.9 Å². The highest BCUT2D eigenvalue weighted by atomic mass is 16.2. The summed E-state index contributed by atoms with van der Waals surface area (Å²) >= 11 is 0. The molecule has 0 aliphatic carbocycles. The van der Waals surface area contributed by atoms with Crippen LogP contribution < -0.4 is 10.2 Å². The highest BCUT2D eigenvalue weighted by Gasteiger charge is 2.24. The zero-order chi connectivity index (χ0) is 14.4. The van der Waals surface area contributed by atoms with Crippen molar-refractivity contribution in [2.45, 2.75) is 27.7 Å². The Bertz CT molecular complexity index is 305. The van der Waals surface area contributed by atoms with E-state index >= 15 is 0 Å². The lowest BCUT2D eigenvalue weighted by atomic mass is 10.1. The Morgan fingerprint density at radius 3 is 2.16 bits per heavy atom. The average Bonchev–Trinajstić information content (AvgIpc) is 2.38. The van der Waals surface area contributed by atoms with Gasteiger partial charge >= 0.3 is 0 Å². The van der Waals surface area contributed by atoms with Crippen LogP contribution in [0, 0.1) is 11.8 Å². The number of piperazine rings is 1. The van der Waals surface area contributed by atoms with Crippen LogP contribution in [-0.2, 0) is 9.59 Å². The summed E-state index contributed by atoms with van der Waals surface area (Å²) in [7, 11) is 0. The van der Waals surface area contributed by atoms with Crippen molar-refractivity contribution < 1.29 is 14.5 Å². The van der Waals surface area contributed by atoms with Crippen LogP contribution in [0.2, 0.25) is 0 Å². The van der Waals surface area contributed by atoms with E-state index in [4.69, 9.17) is 0 Å². The van der Waals surface area contributed by atoms with Crippen LogP contribution in [0.15, 0.2) is 0 Å². The first-order chi connectivity index (χ1) is 8.91. The molecule has 0 aromatic carbocycles. The van der Waals surface area contributed by atoms with Gasteiger partial charge in [-0.1, -0.05) is 27.7 Å². The van der Waals surface area contributed by atoms with E-state index in [2.05, 4.69) is 5.32 Å². The van der Waals surface area contributed by atoms with Crippen LogP contribution in [0.25, 0.3) is 0 Å². The maximum absolute atomic E-state index is 11.8. The van der Waals surface area contributed by atoms with Crippen molar-refractivity contribution in [3.63, 3.8) is 0 Å². The van der Waals surface area contributed by atoms with Crippen molar-refractivity contribution in [2.75, 3.05) is 39.3 Å². The second-order valence-corrected chi connectivity index (χ2v) is 5.93. The van der Waals surface area contributed by atoms with Crippen LogP contribution in [0.5, 0.6) is 0 Å². The van der Waals surface area contributed by atoms with Gasteiger partial charge in [-0.25, -0.2) is 0 Å². The molecule has 1 saturated heterocycles. The Balaban J connectivity index is 2.20. The number of rotatable bonds is 5. The van der Waals surface area contributed by atoms with Gasteiger partial charge in [0, 0.05) is 11.8 Å². The zero-order valence-corrected chi connectivity index (χ0v) is 12.7. The maximum Gasteiger partial charge on any atom is 0.225 e. The fourth-order valence-corrected chi connectivity index (χ4v) is 2.23. The van der Waals surface area contributed by atoms with Gasteiger partial charge in [0.1, 0.15) is 0 Å². The summed E-state index contributed by atoms with van der Waals surface area (Å²) in [4.78, 5) is 26.7. The van der Waals surface area contributed by atoms with Gasteiger partial charge in [-0.3, -0.25) is 9.59 Å². The molecule has 0 spiro atoms. The monoisotopic (exact) mass is 270 g/mol. The SMILES string of the molecule is CC(C)C(=O)NCC[NH+]1CCN(C(=O)C(C)C)CC1. The Kier molecular flexibility index (Phi) is 6.28. The van der Waals surface area contributed by atoms with Gasteiger partial charge in [0.2, 0.25) is 11.8 Å². The Morgan fingerprint density at radius 2 is 1.68 bits per heavy atom. The molecule has 5 nitrogen and oxygen atoms in total. The molecule has 19 heavy (non-hydrogen) atoms. The second kappa shape index (κ2) is 7.48. The molecule has 2 amide bonds. The summed E-state index contributed by atoms with van der Waals surface area (Å²) in [6.45, 7) is 13.0. The van der Waals surface area contributed by atoms with Crippen molar-refractivity contribution in [2.24, 2.45) is 11.8 Å². The Morgan fingerprint density at radius 1 is 1.11 bits per heavy atom. The van der Waals surface area contributed by atoms with Crippen LogP contribution in [-0.4, -0.2) is 56.0 Å². The fourth-order valence-electron chi connectivity index (χ4n) is 2.23. The summed E-state index contributed by atoms with van der Waals surface area (Å²) in [5, 5.41) is 2.94. The zero-order valence-electron chi connectivity index (χ0n) is 12.7. The van der Waals surface area contributed by atoms with Gasteiger partial charge in [-0.05, 0) is 0 Å². The summed E-state index contributed by atoms with van der Waals surface area (Å²) in [5.41, 5.74) is 0. The Labute approximate surface area is 116 Å². The quantitative estimate of drug-likeness (QED) is 0.683. The fraction of sp³-hybridized carbons (Fsp3) is 0.857. The molecule has 0 aromatic rings. The predicted molar refractivity (Wildman–Crippen MR) is 74.8 cm³/mol. The van der Waals surface area contributed by atoms with Crippen LogP contribution in [0.4, 0.5) is 0 Å². The van der Waals surface area contributed by atoms with Crippen LogP contribution in [0.3, 0.4) is 0 Å². The predicted octanol–water partition coefficient (Wildman–Crippen LogP) is -0.858. The minimum atomic E-state index is 0.0514. The molecule has 0 radical (unpaired) electrons. The van der Waals surface area contributed by atoms with Crippen molar-refractivity contribution in [1.82, 2.24) is 10.2 Å². The number of quaternary nitrogens is 1. The van der Waals surface area contributed by atoms with Crippen molar-refractivity contribution in [1.29, 1.82) is 0 Å². The molecule has 0 unspecified atom stereocenters. The number of hydrogen-bond donors (Lipinski definition) is 2. The summed E-state index contributed by atoms with van der Waals surface area (Å²) in [6, 6.07) is 0. The van der Waals surface area contributed by atoms with Crippen LogP contribution >= 0.6 is 0 Å². The van der Waals surface area contributed by atoms with Gasteiger partial charge in [0.15, 0.2) is 0 Å². The summed E-state index contributed by atoms with van der Waals surface area (Å²) in [5.74, 6) is 0.516. The molecule has 1 heterocycles. The number of amides is 2. The molecule has 1 rings (SSSR count). The molecule has 0 aromatic heterocycles. The van der Waals surface area contributed by atoms with Gasteiger partial charge in [0.05, 0.1) is 39.3 Å². The van der Waals surface area contributed by atoms with Gasteiger partial charge < -0.3 is 15.1 Å². The van der Waals surface area contributed by atoms with Crippen LogP contribution in [0.1, 0.15) is 27.7 Å². The van der Waals surface area contributed by atoms with Crippen molar-refractivity contribution >= 4 is 11.8 Å². The van der Waals surface area contributed by atoms with E-state index in [1.165, 1.54) is 4.90 Å². The van der Waals surface area contributed by atoms with E-state index in [1.54, 1.807) is 0 Å². The number of carbonyl (C=O) groups is 2. The molecule has 0 atom stereocenters. The lowest BCUT2D eigenvalue weighted by Crippen LogP contribution is -3.15. The van der Waals surface area contributed by atoms with Crippen molar-refractivity contribution in [3.05, 3.63) is 0 Å². The van der Waals surface area contributed by atoms with Gasteiger partial charge in [0.25, 0.3) is 0 Å². The second-order valence-electron chi connectivity index (χ2n) is 5.93. The van der Waals surface area contributed by atoms with E-state index in [-0.39, 0.29) is 23.7 Å². The molecule has 2 N–H and O–H groups in total. The average molecular weight is 270 g/mol. The molecular weight excluding hydrogens is 242 g/mol. The highest BCUT2D eigenvalue weighted by molar-refractivity contribution is 5.78. The molecule has 110 valence electrons. The molecule has 1 aliphatic rings. The van der Waals surface area contributed by atoms with E-state index < -0.39 is 0 Å². The third-order valence-electron chi connectivity index (χ3n) is 3.58. The molecular formula is C14H28N3O2+. The number of carbonyl (C=O) groups excluding carboxylic acids is 2. The summed E-state index contributed by atoms with van der Waals surface area (Å²) < 4.78 is 0. The summed E-state index contributed by atoms with van der Waals surface area (Å²) in [6.07, 6.45) is 0. The third-order valence-corrected chi connectivity index (χ3v) is 3.58. The molecule has 5 heteroatoms. The molecule has 0 bridgehead atoms. The Hall–Kier alpha value is -1.10. The van der Waals surface area contributed by atoms with E-state index in [0.717, 1.165) is 39.3 Å². The van der Waals surface area contributed by atoms with Gasteiger partial charge in [-0.2, -0.15) is 0 Å². The van der Waals surface area contributed by atoms with Gasteiger partial charge in [-0.15, -0.1) is 0 Å². The largest absolute Gasteiger partial charge is 0.350 e. The molecule has 0 saturated carbocycles. The number of nitrogens with one attached hydrogen (secondary N) is 2. The number of nitrogens with zero attached hydrogens (tertiary/aromatic N) is 1. The van der Waals surface area contributed by atoms with E-state index in [9.17, 15) is 9.59 Å². The van der Waals surface area contributed by atoms with E-state index in [0.29, 0.717) is 0 Å². The van der Waals surface area contributed by atoms with E-state index in [1.807, 2.05) is 32.6 Å². The first-order valence-corrected chi connectivity index (χ1v) is 7.32. The standard InChI is InChI=1S/C14H27N3O2/c1-11(2)13(18)15-5-6-16-7-9-17(10-8-16)14(19)12(3)4/h11-12H,5-10H2,1-4H3,(H,15,18)/p+1. The maximum atomic E-state index is 11.8. The minimum Gasteiger partial charge on any atom is -0.350 e. The smallest absolute Gasteiger partial charge is 0.225 e. The first kappa shape index (κ1) is 16.0. The lowest BCUT2D eigenvalue weighted by Gasteiger charge is -2.33. The molecule has 1 fully saturated rings. The normalized spacial score (nSPS) is 17.1. The van der Waals surface area contributed by atoms with Crippen molar-refractivity contribution in [3.8, 4) is 0 Å². The minimum absolute atomic E-state index is 0.0514. The highest BCUT2D eigenvalue weighted by Crippen LogP contribution is 2.01. The first-order valence-electron chi connectivity index (χ1n) is 7.32. The molecule has 1 aliphatic heterocycles. The number of hydrogen-bond acceptors (Lipinski definition) is 2. The lowest BCUT2D eigenvalue weighted by molar-refractivity contribution is -0.902.